The molecule has 1 saturated carbocycles. The second kappa shape index (κ2) is 9.62. The van der Waals surface area contributed by atoms with E-state index in [2.05, 4.69) is 32.3 Å². The topological polar surface area (TPSA) is 60.2 Å². The van der Waals surface area contributed by atoms with E-state index in [9.17, 15) is 4.79 Å². The van der Waals surface area contributed by atoms with Gasteiger partial charge in [-0.05, 0) is 38.1 Å². The average Bonchev–Trinajstić information content (AvgIpc) is 3.36. The van der Waals surface area contributed by atoms with Crippen molar-refractivity contribution in [2.75, 3.05) is 18.8 Å². The predicted molar refractivity (Wildman–Crippen MR) is 117 cm³/mol. The minimum absolute atomic E-state index is 0.0935. The number of ether oxygens (including phenoxy) is 1. The summed E-state index contributed by atoms with van der Waals surface area (Å²) >= 11 is 3.30. The van der Waals surface area contributed by atoms with Crippen LogP contribution in [0.4, 0.5) is 0 Å². The number of morpholine rings is 1. The molecule has 0 spiro atoms. The molecule has 2 aromatic rings. The van der Waals surface area contributed by atoms with Crippen LogP contribution in [0.5, 0.6) is 0 Å². The molecule has 29 heavy (non-hydrogen) atoms. The molecule has 6 nitrogen and oxygen atoms in total. The van der Waals surface area contributed by atoms with Gasteiger partial charge < -0.3 is 14.2 Å². The van der Waals surface area contributed by atoms with E-state index in [1.165, 1.54) is 48.7 Å². The lowest BCUT2D eigenvalue weighted by Gasteiger charge is -2.35. The number of amides is 1. The molecule has 158 valence electrons. The zero-order chi connectivity index (χ0) is 20.2. The Morgan fingerprint density at radius 3 is 2.66 bits per heavy atom. The molecule has 1 aliphatic heterocycles. The van der Waals surface area contributed by atoms with E-state index in [1.54, 1.807) is 11.3 Å². The lowest BCUT2D eigenvalue weighted by molar-refractivity contribution is -0.140. The number of aromatic nitrogens is 3. The Morgan fingerprint density at radius 1 is 1.21 bits per heavy atom. The summed E-state index contributed by atoms with van der Waals surface area (Å²) in [6.07, 6.45) is 7.18. The zero-order valence-electron chi connectivity index (χ0n) is 17.2. The smallest absolute Gasteiger partial charge is 0.233 e. The Balaban J connectivity index is 1.47. The molecule has 1 saturated heterocycles. The van der Waals surface area contributed by atoms with E-state index in [1.807, 2.05) is 18.7 Å². The van der Waals surface area contributed by atoms with Crippen molar-refractivity contribution in [1.82, 2.24) is 19.7 Å². The number of hydrogen-bond donors (Lipinski definition) is 0. The number of thiophene rings is 1. The van der Waals surface area contributed by atoms with Crippen molar-refractivity contribution in [2.24, 2.45) is 0 Å². The van der Waals surface area contributed by atoms with Gasteiger partial charge in [0.1, 0.15) is 5.82 Å². The summed E-state index contributed by atoms with van der Waals surface area (Å²) in [7, 11) is 0. The molecule has 0 N–H and O–H groups in total. The normalized spacial score (nSPS) is 23.4. The Bertz CT molecular complexity index is 792. The Hall–Kier alpha value is -1.38. The molecule has 8 heteroatoms. The third-order valence-electron chi connectivity index (χ3n) is 5.68. The molecular formula is C21H30N4O2S2. The fourth-order valence-corrected chi connectivity index (χ4v) is 6.03. The van der Waals surface area contributed by atoms with Gasteiger partial charge in [-0.3, -0.25) is 4.79 Å². The highest BCUT2D eigenvalue weighted by atomic mass is 32.2. The number of rotatable bonds is 6. The van der Waals surface area contributed by atoms with Gasteiger partial charge in [-0.25, -0.2) is 0 Å². The first kappa shape index (κ1) is 20.9. The SMILES string of the molecule is C[C@@H]1CN(C(=O)CSc2nnc(Cc3cccs3)n2C2CCCCC2)C[C@@H](C)O1. The van der Waals surface area contributed by atoms with Gasteiger partial charge in [-0.2, -0.15) is 0 Å². The Labute approximate surface area is 181 Å². The minimum atomic E-state index is 0.0935. The number of thioether (sulfide) groups is 1. The predicted octanol–water partition coefficient (Wildman–Crippen LogP) is 4.16. The van der Waals surface area contributed by atoms with Crippen LogP contribution in [-0.4, -0.2) is 56.6 Å². The highest BCUT2D eigenvalue weighted by Crippen LogP contribution is 2.33. The third-order valence-corrected chi connectivity index (χ3v) is 7.49. The maximum Gasteiger partial charge on any atom is 0.233 e. The standard InChI is InChI=1S/C21H30N4O2S2/c1-15-12-24(13-16(2)27-15)20(26)14-29-21-23-22-19(11-18-9-6-10-28-18)25(21)17-7-4-3-5-8-17/h6,9-10,15-17H,3-5,7-8,11-14H2,1-2H3/t15-,16-/m1/s1. The first-order valence-electron chi connectivity index (χ1n) is 10.6. The molecule has 0 bridgehead atoms. The quantitative estimate of drug-likeness (QED) is 0.639. The van der Waals surface area contributed by atoms with Gasteiger partial charge in [-0.1, -0.05) is 37.1 Å². The van der Waals surface area contributed by atoms with Gasteiger partial charge in [0.25, 0.3) is 0 Å². The van der Waals surface area contributed by atoms with E-state index < -0.39 is 0 Å². The first-order chi connectivity index (χ1) is 14.1. The van der Waals surface area contributed by atoms with Crippen molar-refractivity contribution in [3.63, 3.8) is 0 Å². The fraction of sp³-hybridized carbons (Fsp3) is 0.667. The Kier molecular flexibility index (Phi) is 6.92. The van der Waals surface area contributed by atoms with Gasteiger partial charge >= 0.3 is 0 Å². The molecule has 2 fully saturated rings. The monoisotopic (exact) mass is 434 g/mol. The number of hydrogen-bond acceptors (Lipinski definition) is 6. The molecule has 0 unspecified atom stereocenters. The first-order valence-corrected chi connectivity index (χ1v) is 12.5. The van der Waals surface area contributed by atoms with Crippen LogP contribution in [0.1, 0.15) is 62.7 Å². The van der Waals surface area contributed by atoms with Gasteiger partial charge in [0.2, 0.25) is 5.91 Å². The van der Waals surface area contributed by atoms with E-state index in [0.29, 0.717) is 24.9 Å². The number of nitrogens with zero attached hydrogens (tertiary/aromatic N) is 4. The fourth-order valence-electron chi connectivity index (χ4n) is 4.40. The van der Waals surface area contributed by atoms with Crippen LogP contribution in [-0.2, 0) is 16.0 Å². The summed E-state index contributed by atoms with van der Waals surface area (Å²) in [6, 6.07) is 4.69. The molecule has 2 atom stereocenters. The molecule has 0 aromatic carbocycles. The summed E-state index contributed by atoms with van der Waals surface area (Å²) in [6.45, 7) is 5.39. The maximum atomic E-state index is 12.8. The molecule has 2 aromatic heterocycles. The van der Waals surface area contributed by atoms with Crippen LogP contribution in [0, 0.1) is 0 Å². The van der Waals surface area contributed by atoms with Crippen molar-refractivity contribution in [3.05, 3.63) is 28.2 Å². The Morgan fingerprint density at radius 2 is 1.97 bits per heavy atom. The van der Waals surface area contributed by atoms with Crippen LogP contribution in [0.3, 0.4) is 0 Å². The van der Waals surface area contributed by atoms with Crippen molar-refractivity contribution >= 4 is 29.0 Å². The maximum absolute atomic E-state index is 12.8. The summed E-state index contributed by atoms with van der Waals surface area (Å²) in [5.74, 6) is 1.60. The summed E-state index contributed by atoms with van der Waals surface area (Å²) in [5.41, 5.74) is 0. The molecular weight excluding hydrogens is 404 g/mol. The van der Waals surface area contributed by atoms with E-state index in [4.69, 9.17) is 4.74 Å². The van der Waals surface area contributed by atoms with Crippen molar-refractivity contribution in [3.8, 4) is 0 Å². The second-order valence-electron chi connectivity index (χ2n) is 8.16. The van der Waals surface area contributed by atoms with Crippen LogP contribution >= 0.6 is 23.1 Å². The van der Waals surface area contributed by atoms with E-state index >= 15 is 0 Å². The van der Waals surface area contributed by atoms with Crippen LogP contribution in [0.15, 0.2) is 22.7 Å². The summed E-state index contributed by atoms with van der Waals surface area (Å²) in [5, 5.41) is 12.0. The van der Waals surface area contributed by atoms with Crippen molar-refractivity contribution in [1.29, 1.82) is 0 Å². The summed E-state index contributed by atoms with van der Waals surface area (Å²) < 4.78 is 8.09. The third kappa shape index (κ3) is 5.22. The highest BCUT2D eigenvalue weighted by Gasteiger charge is 2.27. The van der Waals surface area contributed by atoms with E-state index in [0.717, 1.165) is 17.4 Å². The average molecular weight is 435 g/mol. The van der Waals surface area contributed by atoms with Crippen molar-refractivity contribution < 1.29 is 9.53 Å². The summed E-state index contributed by atoms with van der Waals surface area (Å²) in [4.78, 5) is 16.0. The molecule has 1 amide bonds. The zero-order valence-corrected chi connectivity index (χ0v) is 18.9. The molecule has 3 heterocycles. The van der Waals surface area contributed by atoms with Gasteiger partial charge in [0.05, 0.1) is 18.0 Å². The van der Waals surface area contributed by atoms with E-state index in [-0.39, 0.29) is 18.1 Å². The van der Waals surface area contributed by atoms with Crippen LogP contribution in [0.2, 0.25) is 0 Å². The highest BCUT2D eigenvalue weighted by molar-refractivity contribution is 7.99. The lowest BCUT2D eigenvalue weighted by Crippen LogP contribution is -2.48. The van der Waals surface area contributed by atoms with Crippen LogP contribution < -0.4 is 0 Å². The van der Waals surface area contributed by atoms with Gasteiger partial charge in [0, 0.05) is 30.4 Å². The van der Waals surface area contributed by atoms with Crippen LogP contribution in [0.25, 0.3) is 0 Å². The lowest BCUT2D eigenvalue weighted by atomic mass is 9.95. The van der Waals surface area contributed by atoms with Crippen molar-refractivity contribution in [2.45, 2.75) is 75.8 Å². The number of carbonyl (C=O) groups excluding carboxylic acids is 1. The van der Waals surface area contributed by atoms with Gasteiger partial charge in [0.15, 0.2) is 5.16 Å². The molecule has 0 radical (unpaired) electrons. The molecule has 1 aliphatic carbocycles. The number of carbonyl (C=O) groups is 1. The second-order valence-corrected chi connectivity index (χ2v) is 10.1. The molecule has 4 rings (SSSR count). The molecule has 2 aliphatic rings. The van der Waals surface area contributed by atoms with Gasteiger partial charge in [-0.15, -0.1) is 21.5 Å². The largest absolute Gasteiger partial charge is 0.372 e. The minimum Gasteiger partial charge on any atom is -0.372 e.